The second-order valence-electron chi connectivity index (χ2n) is 13.0. The van der Waals surface area contributed by atoms with Crippen LogP contribution in [0.15, 0.2) is 10.6 Å². The molecule has 3 saturated heterocycles. The lowest BCUT2D eigenvalue weighted by atomic mass is 9.51. The molecule has 6 fully saturated rings. The number of hydrogen-bond donors (Lipinski definition) is 1. The van der Waals surface area contributed by atoms with Gasteiger partial charge in [0, 0.05) is 32.1 Å². The summed E-state index contributed by atoms with van der Waals surface area (Å²) in [4.78, 5) is 72.7. The van der Waals surface area contributed by atoms with Crippen LogP contribution in [0.2, 0.25) is 0 Å². The predicted molar refractivity (Wildman–Crippen MR) is 151 cm³/mol. The topological polar surface area (TPSA) is 134 Å². The van der Waals surface area contributed by atoms with Gasteiger partial charge in [0.25, 0.3) is 17.7 Å². The van der Waals surface area contributed by atoms with Crippen LogP contribution in [0.5, 0.6) is 0 Å². The van der Waals surface area contributed by atoms with Crippen LogP contribution in [0.1, 0.15) is 71.1 Å². The van der Waals surface area contributed by atoms with E-state index in [4.69, 9.17) is 10.5 Å². The second kappa shape index (κ2) is 10.6. The lowest BCUT2D eigenvalue weighted by Crippen LogP contribution is -2.66. The third-order valence-corrected chi connectivity index (χ3v) is 11.2. The Morgan fingerprint density at radius 2 is 1.59 bits per heavy atom. The first-order valence-electron chi connectivity index (χ1n) is 15.1. The van der Waals surface area contributed by atoms with Crippen LogP contribution in [-0.4, -0.2) is 100 Å². The van der Waals surface area contributed by atoms with Crippen LogP contribution in [0, 0.1) is 17.3 Å². The van der Waals surface area contributed by atoms with Gasteiger partial charge >= 0.3 is 12.1 Å². The minimum atomic E-state index is -0.794. The van der Waals surface area contributed by atoms with Gasteiger partial charge in [0.15, 0.2) is 0 Å². The van der Waals surface area contributed by atoms with E-state index in [1.807, 2.05) is 6.92 Å². The van der Waals surface area contributed by atoms with Gasteiger partial charge in [0.1, 0.15) is 11.1 Å². The van der Waals surface area contributed by atoms with E-state index in [0.717, 1.165) is 38.5 Å². The van der Waals surface area contributed by atoms with Gasteiger partial charge in [0.05, 0.1) is 18.2 Å². The second-order valence-corrected chi connectivity index (χ2v) is 14.3. The Balaban J connectivity index is 1.18. The number of nitrogens with two attached hydrogens (primary N) is 1. The third-order valence-electron chi connectivity index (χ3n) is 10.4. The lowest BCUT2D eigenvalue weighted by molar-refractivity contribution is -0.153. The maximum Gasteiger partial charge on any atom is 0.334 e. The van der Waals surface area contributed by atoms with Crippen molar-refractivity contribution in [2.24, 2.45) is 23.0 Å². The fourth-order valence-corrected chi connectivity index (χ4v) is 8.79. The molecule has 7 amide bonds. The molecule has 6 rings (SSSR count). The Morgan fingerprint density at radius 1 is 0.927 bits per heavy atom. The summed E-state index contributed by atoms with van der Waals surface area (Å²) in [6, 6.07) is -1.09. The van der Waals surface area contributed by atoms with Crippen molar-refractivity contribution >= 4 is 41.5 Å². The van der Waals surface area contributed by atoms with Crippen molar-refractivity contribution in [1.29, 1.82) is 0 Å². The fraction of sp³-hybridized carbons (Fsp3) is 0.759. The summed E-state index contributed by atoms with van der Waals surface area (Å²) in [5, 5.41) is 0.176. The van der Waals surface area contributed by atoms with E-state index in [1.54, 1.807) is 11.9 Å². The summed E-state index contributed by atoms with van der Waals surface area (Å²) in [5.41, 5.74) is 5.26. The molecule has 0 atom stereocenters. The van der Waals surface area contributed by atoms with Crippen LogP contribution < -0.4 is 5.73 Å². The van der Waals surface area contributed by atoms with Crippen molar-refractivity contribution in [3.8, 4) is 0 Å². The van der Waals surface area contributed by atoms with Crippen molar-refractivity contribution in [3.05, 3.63) is 10.6 Å². The molecule has 12 heteroatoms. The number of hydrogen-bond acceptors (Lipinski definition) is 8. The molecule has 3 aliphatic heterocycles. The Hall–Kier alpha value is -2.60. The molecule has 0 aromatic heterocycles. The quantitative estimate of drug-likeness (QED) is 0.273. The molecule has 0 unspecified atom stereocenters. The zero-order valence-corrected chi connectivity index (χ0v) is 24.9. The van der Waals surface area contributed by atoms with Gasteiger partial charge in [-0.1, -0.05) is 19.8 Å². The van der Waals surface area contributed by atoms with Crippen molar-refractivity contribution in [2.75, 3.05) is 39.1 Å². The molecule has 0 aromatic rings. The molecular weight excluding hydrogens is 546 g/mol. The SMILES string of the molecule is CCS/C(N)=C1/C(=O)N(CC2CCCC2)C(=O)N(C2CCC3(CC2)CC2(C3)C(=O)N(C)C(=O)N2CC2COC2)C1=O. The third kappa shape index (κ3) is 4.56. The molecule has 3 heterocycles. The summed E-state index contributed by atoms with van der Waals surface area (Å²) in [5.74, 6) is -0.161. The molecule has 224 valence electrons. The monoisotopic (exact) mass is 587 g/mol. The maximum absolute atomic E-state index is 13.7. The zero-order chi connectivity index (χ0) is 29.1. The first kappa shape index (κ1) is 28.5. The fourth-order valence-electron chi connectivity index (χ4n) is 8.16. The zero-order valence-electron chi connectivity index (χ0n) is 24.1. The van der Waals surface area contributed by atoms with E-state index in [1.165, 1.54) is 26.5 Å². The number of likely N-dealkylation sites (N-methyl/N-ethyl adjacent to an activating group) is 1. The van der Waals surface area contributed by atoms with Crippen molar-refractivity contribution < 1.29 is 28.7 Å². The summed E-state index contributed by atoms with van der Waals surface area (Å²) in [6.45, 7) is 3.98. The molecule has 0 bridgehead atoms. The van der Waals surface area contributed by atoms with Crippen LogP contribution in [0.25, 0.3) is 0 Å². The van der Waals surface area contributed by atoms with Gasteiger partial charge in [-0.2, -0.15) is 0 Å². The highest BCUT2D eigenvalue weighted by Gasteiger charge is 2.68. The molecular formula is C29H41N5O6S. The molecule has 2 spiro atoms. The molecule has 3 saturated carbocycles. The normalized spacial score (nSPS) is 34.4. The number of carbonyl (C=O) groups is 5. The van der Waals surface area contributed by atoms with E-state index < -0.39 is 23.4 Å². The number of rotatable bonds is 7. The van der Waals surface area contributed by atoms with Gasteiger partial charge in [-0.3, -0.25) is 29.1 Å². The predicted octanol–water partition coefficient (Wildman–Crippen LogP) is 2.89. The summed E-state index contributed by atoms with van der Waals surface area (Å²) in [6.07, 6.45) is 8.01. The Kier molecular flexibility index (Phi) is 7.37. The summed E-state index contributed by atoms with van der Waals surface area (Å²) >= 11 is 1.25. The molecule has 41 heavy (non-hydrogen) atoms. The average molecular weight is 588 g/mol. The van der Waals surface area contributed by atoms with Gasteiger partial charge in [0.2, 0.25) is 0 Å². The largest absolute Gasteiger partial charge is 0.393 e. The maximum atomic E-state index is 13.7. The van der Waals surface area contributed by atoms with Crippen molar-refractivity contribution in [3.63, 3.8) is 0 Å². The summed E-state index contributed by atoms with van der Waals surface area (Å²) < 4.78 is 5.30. The molecule has 2 N–H and O–H groups in total. The van der Waals surface area contributed by atoms with Gasteiger partial charge in [-0.25, -0.2) is 9.59 Å². The highest BCUT2D eigenvalue weighted by molar-refractivity contribution is 8.03. The Labute approximate surface area is 245 Å². The number of amides is 7. The van der Waals surface area contributed by atoms with E-state index >= 15 is 0 Å². The molecule has 0 aromatic carbocycles. The van der Waals surface area contributed by atoms with Crippen LogP contribution >= 0.6 is 11.8 Å². The number of barbiturate groups is 1. The van der Waals surface area contributed by atoms with Crippen LogP contribution in [0.3, 0.4) is 0 Å². The van der Waals surface area contributed by atoms with Crippen LogP contribution in [-0.2, 0) is 19.1 Å². The van der Waals surface area contributed by atoms with Crippen LogP contribution in [0.4, 0.5) is 9.59 Å². The number of imide groups is 3. The first-order chi connectivity index (χ1) is 19.6. The summed E-state index contributed by atoms with van der Waals surface area (Å²) in [7, 11) is 1.56. The number of ether oxygens (including phenoxy) is 1. The van der Waals surface area contributed by atoms with E-state index in [-0.39, 0.29) is 45.8 Å². The Morgan fingerprint density at radius 3 is 2.17 bits per heavy atom. The van der Waals surface area contributed by atoms with Gasteiger partial charge < -0.3 is 15.4 Å². The highest BCUT2D eigenvalue weighted by atomic mass is 32.2. The van der Waals surface area contributed by atoms with Gasteiger partial charge in [-0.15, -0.1) is 11.8 Å². The first-order valence-corrected chi connectivity index (χ1v) is 16.1. The highest BCUT2D eigenvalue weighted by Crippen LogP contribution is 2.61. The number of nitrogens with zero attached hydrogens (tertiary/aromatic N) is 4. The smallest absolute Gasteiger partial charge is 0.334 e. The standard InChI is InChI=1S/C29H41N5O6S/c1-3-41-22(30)21-23(35)32(12-18-6-4-5-7-18)27(39)34(24(21)36)20-8-10-28(11-9-20)16-29(17-28)25(37)31(2)26(38)33(29)13-19-14-40-15-19/h18-20H,3-17,30H2,1-2H3/b22-21-. The minimum absolute atomic E-state index is 0.0777. The molecule has 11 nitrogen and oxygen atoms in total. The minimum Gasteiger partial charge on any atom is -0.393 e. The van der Waals surface area contributed by atoms with Gasteiger partial charge in [-0.05, 0) is 68.5 Å². The molecule has 0 radical (unpaired) electrons. The number of carbonyl (C=O) groups excluding carboxylic acids is 5. The number of urea groups is 2. The van der Waals surface area contributed by atoms with E-state index in [9.17, 15) is 24.0 Å². The van der Waals surface area contributed by atoms with Crippen molar-refractivity contribution in [1.82, 2.24) is 19.6 Å². The lowest BCUT2D eigenvalue weighted by Gasteiger charge is -2.59. The Bertz CT molecular complexity index is 1180. The average Bonchev–Trinajstić information content (AvgIpc) is 3.47. The van der Waals surface area contributed by atoms with Crippen molar-refractivity contribution in [2.45, 2.75) is 82.7 Å². The molecule has 6 aliphatic rings. The van der Waals surface area contributed by atoms with E-state index in [0.29, 0.717) is 57.7 Å². The molecule has 3 aliphatic carbocycles. The number of thioether (sulfide) groups is 1. The van der Waals surface area contributed by atoms with E-state index in [2.05, 4.69) is 0 Å².